The molecule has 0 spiro atoms. The average molecular weight is 246 g/mol. The van der Waals surface area contributed by atoms with Gasteiger partial charge in [-0.2, -0.15) is 0 Å². The van der Waals surface area contributed by atoms with Crippen molar-refractivity contribution in [2.45, 2.75) is 12.1 Å². The van der Waals surface area contributed by atoms with Crippen LogP contribution in [0, 0.1) is 0 Å². The summed E-state index contributed by atoms with van der Waals surface area (Å²) in [5, 5.41) is 3.19. The van der Waals surface area contributed by atoms with Gasteiger partial charge in [0.1, 0.15) is 0 Å². The van der Waals surface area contributed by atoms with Gasteiger partial charge in [0.05, 0.1) is 18.6 Å². The molecule has 96 valence electrons. The SMILES string of the molecule is CN1CC2CNCC(=O)N2C(c2cccnc2)C1. The molecule has 3 rings (SSSR count). The number of hydrogen-bond donors (Lipinski definition) is 1. The summed E-state index contributed by atoms with van der Waals surface area (Å²) in [6.45, 7) is 3.16. The van der Waals surface area contributed by atoms with Crippen LogP contribution < -0.4 is 5.32 Å². The second kappa shape index (κ2) is 4.66. The second-order valence-electron chi connectivity index (χ2n) is 5.11. The lowest BCUT2D eigenvalue weighted by Crippen LogP contribution is -2.63. The average Bonchev–Trinajstić information content (AvgIpc) is 2.39. The molecule has 5 heteroatoms. The van der Waals surface area contributed by atoms with E-state index in [1.165, 1.54) is 0 Å². The molecule has 2 fully saturated rings. The van der Waals surface area contributed by atoms with Crippen LogP contribution in [-0.4, -0.2) is 60.0 Å². The molecule has 2 atom stereocenters. The maximum atomic E-state index is 12.1. The minimum atomic E-state index is 0.136. The van der Waals surface area contributed by atoms with Crippen LogP contribution in [0.5, 0.6) is 0 Å². The number of amides is 1. The monoisotopic (exact) mass is 246 g/mol. The molecule has 1 aromatic rings. The molecule has 18 heavy (non-hydrogen) atoms. The van der Waals surface area contributed by atoms with Gasteiger partial charge in [-0.05, 0) is 18.7 Å². The van der Waals surface area contributed by atoms with Crippen molar-refractivity contribution in [2.24, 2.45) is 0 Å². The largest absolute Gasteiger partial charge is 0.328 e. The fourth-order valence-corrected chi connectivity index (χ4v) is 2.98. The molecule has 2 saturated heterocycles. The number of nitrogens with zero attached hydrogens (tertiary/aromatic N) is 3. The van der Waals surface area contributed by atoms with Gasteiger partial charge < -0.3 is 15.1 Å². The zero-order valence-electron chi connectivity index (χ0n) is 10.5. The molecule has 1 amide bonds. The van der Waals surface area contributed by atoms with Crippen molar-refractivity contribution in [3.05, 3.63) is 30.1 Å². The van der Waals surface area contributed by atoms with Crippen LogP contribution >= 0.6 is 0 Å². The lowest BCUT2D eigenvalue weighted by atomic mass is 9.98. The van der Waals surface area contributed by atoms with Crippen molar-refractivity contribution in [1.29, 1.82) is 0 Å². The van der Waals surface area contributed by atoms with E-state index in [4.69, 9.17) is 0 Å². The van der Waals surface area contributed by atoms with Gasteiger partial charge in [-0.1, -0.05) is 6.07 Å². The highest BCUT2D eigenvalue weighted by Gasteiger charge is 2.39. The van der Waals surface area contributed by atoms with Gasteiger partial charge in [0, 0.05) is 32.0 Å². The quantitative estimate of drug-likeness (QED) is 0.750. The minimum absolute atomic E-state index is 0.136. The van der Waals surface area contributed by atoms with E-state index in [0.717, 1.165) is 25.2 Å². The molecular weight excluding hydrogens is 228 g/mol. The number of fused-ring (bicyclic) bond motifs is 1. The van der Waals surface area contributed by atoms with Crippen LogP contribution in [0.1, 0.15) is 11.6 Å². The number of likely N-dealkylation sites (N-methyl/N-ethyl adjacent to an activating group) is 1. The Morgan fingerprint density at radius 2 is 2.33 bits per heavy atom. The van der Waals surface area contributed by atoms with Crippen molar-refractivity contribution in [3.63, 3.8) is 0 Å². The van der Waals surface area contributed by atoms with Crippen molar-refractivity contribution in [1.82, 2.24) is 20.1 Å². The van der Waals surface area contributed by atoms with Crippen LogP contribution in [0.2, 0.25) is 0 Å². The third kappa shape index (κ3) is 2.00. The maximum Gasteiger partial charge on any atom is 0.237 e. The van der Waals surface area contributed by atoms with E-state index in [9.17, 15) is 4.79 Å². The van der Waals surface area contributed by atoms with E-state index in [2.05, 4.69) is 28.3 Å². The van der Waals surface area contributed by atoms with Gasteiger partial charge >= 0.3 is 0 Å². The van der Waals surface area contributed by atoms with Gasteiger partial charge in [-0.25, -0.2) is 0 Å². The Morgan fingerprint density at radius 1 is 1.44 bits per heavy atom. The van der Waals surface area contributed by atoms with Gasteiger partial charge in [0.25, 0.3) is 0 Å². The first-order valence-electron chi connectivity index (χ1n) is 6.36. The highest BCUT2D eigenvalue weighted by molar-refractivity contribution is 5.80. The Labute approximate surface area is 107 Å². The highest BCUT2D eigenvalue weighted by atomic mass is 16.2. The normalized spacial score (nSPS) is 29.2. The maximum absolute atomic E-state index is 12.1. The van der Waals surface area contributed by atoms with E-state index in [0.29, 0.717) is 6.54 Å². The molecule has 1 N–H and O–H groups in total. The van der Waals surface area contributed by atoms with E-state index >= 15 is 0 Å². The Balaban J connectivity index is 1.93. The first-order chi connectivity index (χ1) is 8.75. The number of hydrogen-bond acceptors (Lipinski definition) is 4. The van der Waals surface area contributed by atoms with Crippen LogP contribution in [-0.2, 0) is 4.79 Å². The molecule has 2 unspecified atom stereocenters. The van der Waals surface area contributed by atoms with Crippen molar-refractivity contribution < 1.29 is 4.79 Å². The van der Waals surface area contributed by atoms with Crippen LogP contribution in [0.15, 0.2) is 24.5 Å². The summed E-state index contributed by atoms with van der Waals surface area (Å²) < 4.78 is 0. The molecule has 0 bridgehead atoms. The summed E-state index contributed by atoms with van der Waals surface area (Å²) in [4.78, 5) is 20.7. The zero-order chi connectivity index (χ0) is 12.5. The van der Waals surface area contributed by atoms with E-state index in [-0.39, 0.29) is 18.0 Å². The predicted octanol–water partition coefficient (Wildman–Crippen LogP) is -0.131. The smallest absolute Gasteiger partial charge is 0.237 e. The highest BCUT2D eigenvalue weighted by Crippen LogP contribution is 2.28. The first-order valence-corrected chi connectivity index (χ1v) is 6.36. The standard InChI is InChI=1S/C13H18N4O/c1-16-8-11-6-15-7-13(18)17(11)12(9-16)10-3-2-4-14-5-10/h2-5,11-12,15H,6-9H2,1H3. The molecule has 2 aliphatic rings. The van der Waals surface area contributed by atoms with Crippen molar-refractivity contribution in [2.75, 3.05) is 33.2 Å². The van der Waals surface area contributed by atoms with Crippen molar-refractivity contribution in [3.8, 4) is 0 Å². The lowest BCUT2D eigenvalue weighted by Gasteiger charge is -2.48. The number of aromatic nitrogens is 1. The Morgan fingerprint density at radius 3 is 3.11 bits per heavy atom. The second-order valence-corrected chi connectivity index (χ2v) is 5.11. The Bertz CT molecular complexity index is 436. The van der Waals surface area contributed by atoms with E-state index in [1.54, 1.807) is 6.20 Å². The Hall–Kier alpha value is -1.46. The molecule has 5 nitrogen and oxygen atoms in total. The summed E-state index contributed by atoms with van der Waals surface area (Å²) >= 11 is 0. The number of pyridine rings is 1. The van der Waals surface area contributed by atoms with Crippen LogP contribution in [0.25, 0.3) is 0 Å². The number of piperazine rings is 2. The van der Waals surface area contributed by atoms with Crippen LogP contribution in [0.4, 0.5) is 0 Å². The summed E-state index contributed by atoms with van der Waals surface area (Å²) in [6.07, 6.45) is 3.64. The fraction of sp³-hybridized carbons (Fsp3) is 0.538. The van der Waals surface area contributed by atoms with E-state index < -0.39 is 0 Å². The Kier molecular flexibility index (Phi) is 3.01. The topological polar surface area (TPSA) is 48.5 Å². The van der Waals surface area contributed by atoms with Gasteiger partial charge in [0.2, 0.25) is 5.91 Å². The van der Waals surface area contributed by atoms with Gasteiger partial charge in [-0.15, -0.1) is 0 Å². The summed E-state index contributed by atoms with van der Waals surface area (Å²) in [7, 11) is 2.11. The number of rotatable bonds is 1. The minimum Gasteiger partial charge on any atom is -0.328 e. The summed E-state index contributed by atoms with van der Waals surface area (Å²) in [6, 6.07) is 4.40. The number of carbonyl (C=O) groups excluding carboxylic acids is 1. The lowest BCUT2D eigenvalue weighted by molar-refractivity contribution is -0.142. The molecule has 0 aromatic carbocycles. The molecule has 3 heterocycles. The molecule has 0 aliphatic carbocycles. The number of nitrogens with one attached hydrogen (secondary N) is 1. The summed E-state index contributed by atoms with van der Waals surface area (Å²) in [5.41, 5.74) is 1.13. The predicted molar refractivity (Wildman–Crippen MR) is 68.0 cm³/mol. The van der Waals surface area contributed by atoms with E-state index in [1.807, 2.05) is 17.2 Å². The van der Waals surface area contributed by atoms with Crippen molar-refractivity contribution >= 4 is 5.91 Å². The van der Waals surface area contributed by atoms with Gasteiger partial charge in [-0.3, -0.25) is 9.78 Å². The molecule has 1 aromatic heterocycles. The fourth-order valence-electron chi connectivity index (χ4n) is 2.98. The zero-order valence-corrected chi connectivity index (χ0v) is 10.5. The molecule has 0 saturated carbocycles. The molecular formula is C13H18N4O. The van der Waals surface area contributed by atoms with Gasteiger partial charge in [0.15, 0.2) is 0 Å². The summed E-state index contributed by atoms with van der Waals surface area (Å²) in [5.74, 6) is 0.202. The number of carbonyl (C=O) groups is 1. The third-order valence-corrected chi connectivity index (χ3v) is 3.75. The third-order valence-electron chi connectivity index (χ3n) is 3.75. The first kappa shape index (κ1) is 11.6. The van der Waals surface area contributed by atoms with Crippen LogP contribution in [0.3, 0.4) is 0 Å². The molecule has 2 aliphatic heterocycles. The molecule has 0 radical (unpaired) electrons.